The van der Waals surface area contributed by atoms with E-state index in [9.17, 15) is 0 Å². The minimum Gasteiger partial charge on any atom is -0.287 e. The van der Waals surface area contributed by atoms with E-state index in [0.29, 0.717) is 5.41 Å². The van der Waals surface area contributed by atoms with Gasteiger partial charge in [-0.2, -0.15) is 0 Å². The minimum atomic E-state index is 0.362. The predicted octanol–water partition coefficient (Wildman–Crippen LogP) is 3.64. The highest BCUT2D eigenvalue weighted by atomic mass is 79.9. The maximum Gasteiger partial charge on any atom is 0.234 e. The van der Waals surface area contributed by atoms with Crippen LogP contribution in [0, 0.1) is 11.3 Å². The molecule has 0 bridgehead atoms. The number of aromatic nitrogens is 3. The number of rotatable bonds is 0. The molecular formula is C14H18BrN3. The van der Waals surface area contributed by atoms with Gasteiger partial charge in [-0.25, -0.2) is 9.97 Å². The van der Waals surface area contributed by atoms with Gasteiger partial charge in [0.15, 0.2) is 0 Å². The van der Waals surface area contributed by atoms with Crippen molar-refractivity contribution in [2.24, 2.45) is 11.3 Å². The van der Waals surface area contributed by atoms with E-state index in [1.54, 1.807) is 0 Å². The Labute approximate surface area is 116 Å². The first-order chi connectivity index (χ1) is 8.45. The second-order valence-electron chi connectivity index (χ2n) is 6.25. The highest BCUT2D eigenvalue weighted by Gasteiger charge is 2.31. The summed E-state index contributed by atoms with van der Waals surface area (Å²) in [5, 5.41) is 0. The molecule has 0 saturated heterocycles. The molecule has 0 N–H and O–H groups in total. The van der Waals surface area contributed by atoms with Gasteiger partial charge in [-0.15, -0.1) is 0 Å². The zero-order chi connectivity index (χ0) is 12.9. The first-order valence-electron chi connectivity index (χ1n) is 6.46. The molecule has 1 atom stereocenters. The Morgan fingerprint density at radius 2 is 2.17 bits per heavy atom. The van der Waals surface area contributed by atoms with Crippen molar-refractivity contribution in [3.05, 3.63) is 28.3 Å². The molecule has 0 radical (unpaired) electrons. The van der Waals surface area contributed by atoms with Crippen molar-refractivity contribution in [1.29, 1.82) is 0 Å². The van der Waals surface area contributed by atoms with Crippen molar-refractivity contribution in [2.45, 2.75) is 40.0 Å². The molecule has 3 rings (SSSR count). The zero-order valence-electron chi connectivity index (χ0n) is 11.1. The van der Waals surface area contributed by atoms with Crippen LogP contribution in [0.25, 0.3) is 5.78 Å². The molecule has 1 aliphatic rings. The van der Waals surface area contributed by atoms with Gasteiger partial charge in [0.2, 0.25) is 5.78 Å². The molecule has 96 valence electrons. The molecule has 2 aromatic rings. The maximum atomic E-state index is 4.64. The third kappa shape index (κ3) is 1.96. The van der Waals surface area contributed by atoms with Crippen LogP contribution >= 0.6 is 15.9 Å². The molecule has 1 unspecified atom stereocenters. The summed E-state index contributed by atoms with van der Waals surface area (Å²) in [5.74, 6) is 1.56. The van der Waals surface area contributed by atoms with E-state index < -0.39 is 0 Å². The van der Waals surface area contributed by atoms with Gasteiger partial charge < -0.3 is 0 Å². The summed E-state index contributed by atoms with van der Waals surface area (Å²) in [6.07, 6.45) is 7.33. The number of halogens is 1. The summed E-state index contributed by atoms with van der Waals surface area (Å²) in [7, 11) is 0. The van der Waals surface area contributed by atoms with Crippen LogP contribution in [-0.4, -0.2) is 14.4 Å². The van der Waals surface area contributed by atoms with Crippen LogP contribution in [0.5, 0.6) is 0 Å². The average molecular weight is 308 g/mol. The number of hydrogen-bond donors (Lipinski definition) is 0. The van der Waals surface area contributed by atoms with Gasteiger partial charge in [-0.3, -0.25) is 4.40 Å². The molecular weight excluding hydrogens is 290 g/mol. The first kappa shape index (κ1) is 12.2. The molecule has 3 nitrogen and oxygen atoms in total. The Balaban J connectivity index is 2.08. The van der Waals surface area contributed by atoms with Gasteiger partial charge in [-0.05, 0) is 46.5 Å². The Morgan fingerprint density at radius 1 is 1.39 bits per heavy atom. The standard InChI is InChI=1S/C14H18BrN3/c1-14(2,3)9-4-5-11-12(6-9)18-8-10(15)7-16-13(18)17-11/h7-9H,4-6H2,1-3H3. The van der Waals surface area contributed by atoms with E-state index in [2.05, 4.69) is 57.3 Å². The molecule has 4 heteroatoms. The molecule has 2 heterocycles. The van der Waals surface area contributed by atoms with E-state index in [0.717, 1.165) is 29.0 Å². The Bertz CT molecular complexity index is 595. The maximum absolute atomic E-state index is 4.64. The van der Waals surface area contributed by atoms with E-state index in [1.165, 1.54) is 17.8 Å². The first-order valence-corrected chi connectivity index (χ1v) is 7.26. The van der Waals surface area contributed by atoms with Crippen molar-refractivity contribution in [3.8, 4) is 0 Å². The smallest absolute Gasteiger partial charge is 0.234 e. The molecule has 2 aromatic heterocycles. The van der Waals surface area contributed by atoms with Crippen molar-refractivity contribution >= 4 is 21.7 Å². The normalized spacial score (nSPS) is 20.1. The zero-order valence-corrected chi connectivity index (χ0v) is 12.7. The van der Waals surface area contributed by atoms with Crippen LogP contribution in [0.1, 0.15) is 38.6 Å². The Kier molecular flexibility index (Phi) is 2.73. The second kappa shape index (κ2) is 4.05. The van der Waals surface area contributed by atoms with Crippen LogP contribution < -0.4 is 0 Å². The highest BCUT2D eigenvalue weighted by Crippen LogP contribution is 2.37. The number of imidazole rings is 1. The fourth-order valence-corrected chi connectivity index (χ4v) is 3.11. The molecule has 0 spiro atoms. The summed E-state index contributed by atoms with van der Waals surface area (Å²) in [5.41, 5.74) is 2.95. The third-order valence-electron chi connectivity index (χ3n) is 4.02. The summed E-state index contributed by atoms with van der Waals surface area (Å²) in [6.45, 7) is 7.00. The lowest BCUT2D eigenvalue weighted by molar-refractivity contribution is 0.213. The fraction of sp³-hybridized carbons (Fsp3) is 0.571. The molecule has 0 fully saturated rings. The number of aryl methyl sites for hydroxylation is 1. The summed E-state index contributed by atoms with van der Waals surface area (Å²) in [6, 6.07) is 0. The van der Waals surface area contributed by atoms with Crippen LogP contribution in [-0.2, 0) is 12.8 Å². The quantitative estimate of drug-likeness (QED) is 0.744. The average Bonchev–Trinajstić information content (AvgIpc) is 2.65. The van der Waals surface area contributed by atoms with Crippen LogP contribution in [0.2, 0.25) is 0 Å². The van der Waals surface area contributed by atoms with E-state index in [4.69, 9.17) is 0 Å². The van der Waals surface area contributed by atoms with Crippen LogP contribution in [0.4, 0.5) is 0 Å². The van der Waals surface area contributed by atoms with Crippen LogP contribution in [0.3, 0.4) is 0 Å². The summed E-state index contributed by atoms with van der Waals surface area (Å²) >= 11 is 3.49. The lowest BCUT2D eigenvalue weighted by Crippen LogP contribution is -2.27. The highest BCUT2D eigenvalue weighted by molar-refractivity contribution is 9.10. The molecule has 1 aliphatic carbocycles. The topological polar surface area (TPSA) is 30.2 Å². The van der Waals surface area contributed by atoms with E-state index in [-0.39, 0.29) is 0 Å². The molecule has 18 heavy (non-hydrogen) atoms. The fourth-order valence-electron chi connectivity index (χ4n) is 2.80. The molecule has 0 saturated carbocycles. The lowest BCUT2D eigenvalue weighted by Gasteiger charge is -2.33. The molecule has 0 amide bonds. The number of nitrogens with zero attached hydrogens (tertiary/aromatic N) is 3. The van der Waals surface area contributed by atoms with Gasteiger partial charge in [0.1, 0.15) is 0 Å². The van der Waals surface area contributed by atoms with Crippen molar-refractivity contribution in [2.75, 3.05) is 0 Å². The van der Waals surface area contributed by atoms with Gasteiger partial charge in [-0.1, -0.05) is 20.8 Å². The SMILES string of the molecule is CC(C)(C)C1CCc2nc3ncc(Br)cn3c2C1. The molecule has 0 aromatic carbocycles. The number of hydrogen-bond acceptors (Lipinski definition) is 2. The minimum absolute atomic E-state index is 0.362. The Morgan fingerprint density at radius 3 is 2.89 bits per heavy atom. The van der Waals surface area contributed by atoms with Gasteiger partial charge in [0, 0.05) is 18.1 Å². The largest absolute Gasteiger partial charge is 0.287 e. The van der Waals surface area contributed by atoms with Gasteiger partial charge >= 0.3 is 0 Å². The van der Waals surface area contributed by atoms with Gasteiger partial charge in [0.05, 0.1) is 10.2 Å². The van der Waals surface area contributed by atoms with E-state index >= 15 is 0 Å². The lowest BCUT2D eigenvalue weighted by atomic mass is 9.73. The van der Waals surface area contributed by atoms with E-state index in [1.807, 2.05) is 6.20 Å². The van der Waals surface area contributed by atoms with Crippen molar-refractivity contribution in [3.63, 3.8) is 0 Å². The second-order valence-corrected chi connectivity index (χ2v) is 7.17. The summed E-state index contributed by atoms with van der Waals surface area (Å²) in [4.78, 5) is 9.02. The number of fused-ring (bicyclic) bond motifs is 3. The third-order valence-corrected chi connectivity index (χ3v) is 4.43. The van der Waals surface area contributed by atoms with Crippen molar-refractivity contribution in [1.82, 2.24) is 14.4 Å². The Hall–Kier alpha value is -0.900. The van der Waals surface area contributed by atoms with Gasteiger partial charge in [0.25, 0.3) is 0 Å². The van der Waals surface area contributed by atoms with Crippen molar-refractivity contribution < 1.29 is 0 Å². The molecule has 0 aliphatic heterocycles. The summed E-state index contributed by atoms with van der Waals surface area (Å²) < 4.78 is 3.16. The monoisotopic (exact) mass is 307 g/mol. The van der Waals surface area contributed by atoms with Crippen LogP contribution in [0.15, 0.2) is 16.9 Å². The predicted molar refractivity (Wildman–Crippen MR) is 75.7 cm³/mol.